The second kappa shape index (κ2) is 5.10. The summed E-state index contributed by atoms with van der Waals surface area (Å²) in [5.74, 6) is 0.669. The number of benzene rings is 1. The van der Waals surface area contributed by atoms with Gasteiger partial charge in [0.05, 0.1) is 0 Å². The number of nitrogens with one attached hydrogen (secondary N) is 1. The first-order valence-corrected chi connectivity index (χ1v) is 8.58. The molecule has 2 aromatic rings. The molecule has 1 amide bonds. The van der Waals surface area contributed by atoms with Gasteiger partial charge in [-0.25, -0.2) is 0 Å². The summed E-state index contributed by atoms with van der Waals surface area (Å²) in [4.78, 5) is 15.3. The largest absolute Gasteiger partial charge is 0.351 e. The van der Waals surface area contributed by atoms with Crippen LogP contribution in [0.1, 0.15) is 37.0 Å². The minimum Gasteiger partial charge on any atom is -0.351 e. The quantitative estimate of drug-likeness (QED) is 0.926. The number of carbonyl (C=O) groups excluding carboxylic acids is 1. The maximum Gasteiger partial charge on any atom is 0.251 e. The van der Waals surface area contributed by atoms with Crippen molar-refractivity contribution in [3.8, 4) is 0 Å². The monoisotopic (exact) mass is 311 g/mol. The molecule has 3 aliphatic rings. The van der Waals surface area contributed by atoms with Crippen LogP contribution in [0, 0.1) is 5.92 Å². The maximum atomic E-state index is 12.8. The van der Waals surface area contributed by atoms with E-state index < -0.39 is 0 Å². The van der Waals surface area contributed by atoms with Crippen LogP contribution in [0.3, 0.4) is 0 Å². The van der Waals surface area contributed by atoms with Crippen LogP contribution in [0.4, 0.5) is 0 Å². The molecule has 5 rings (SSSR count). The Labute approximate surface area is 137 Å². The molecule has 0 unspecified atom stereocenters. The van der Waals surface area contributed by atoms with Gasteiger partial charge in [-0.15, -0.1) is 0 Å². The Morgan fingerprint density at radius 1 is 1.22 bits per heavy atom. The van der Waals surface area contributed by atoms with E-state index in [0.29, 0.717) is 5.92 Å². The van der Waals surface area contributed by atoms with Crippen molar-refractivity contribution in [3.05, 3.63) is 36.0 Å². The van der Waals surface area contributed by atoms with E-state index >= 15 is 0 Å². The lowest BCUT2D eigenvalue weighted by Gasteiger charge is -2.56. The summed E-state index contributed by atoms with van der Waals surface area (Å²) in [5, 5.41) is 4.46. The van der Waals surface area contributed by atoms with Crippen molar-refractivity contribution in [2.75, 3.05) is 13.1 Å². The summed E-state index contributed by atoms with van der Waals surface area (Å²) < 4.78 is 2.08. The third kappa shape index (κ3) is 2.27. The molecule has 4 nitrogen and oxygen atoms in total. The lowest BCUT2D eigenvalue weighted by atomic mass is 9.72. The molecular formula is C19H25N3O. The van der Waals surface area contributed by atoms with Crippen LogP contribution in [0.15, 0.2) is 30.5 Å². The summed E-state index contributed by atoms with van der Waals surface area (Å²) in [5.41, 5.74) is 1.97. The summed E-state index contributed by atoms with van der Waals surface area (Å²) in [6.07, 6.45) is 4.43. The zero-order chi connectivity index (χ0) is 16.2. The average molecular weight is 311 g/mol. The Hall–Kier alpha value is -1.81. The van der Waals surface area contributed by atoms with Crippen LogP contribution >= 0.6 is 0 Å². The molecule has 1 aromatic heterocycles. The fourth-order valence-electron chi connectivity index (χ4n) is 4.52. The zero-order valence-corrected chi connectivity index (χ0v) is 14.2. The Kier molecular flexibility index (Phi) is 3.27. The van der Waals surface area contributed by atoms with Crippen molar-refractivity contribution in [1.29, 1.82) is 0 Å². The van der Waals surface area contributed by atoms with Gasteiger partial charge in [-0.05, 0) is 70.0 Å². The topological polar surface area (TPSA) is 37.3 Å². The van der Waals surface area contributed by atoms with Crippen molar-refractivity contribution in [1.82, 2.24) is 14.8 Å². The molecule has 1 N–H and O–H groups in total. The van der Waals surface area contributed by atoms with E-state index in [1.165, 1.54) is 25.9 Å². The van der Waals surface area contributed by atoms with Gasteiger partial charge in [-0.3, -0.25) is 9.69 Å². The fraction of sp³-hybridized carbons (Fsp3) is 0.526. The highest BCUT2D eigenvalue weighted by atomic mass is 16.1. The Balaban J connectivity index is 1.59. The second-order valence-electron chi connectivity index (χ2n) is 7.63. The molecule has 1 atom stereocenters. The van der Waals surface area contributed by atoms with Crippen LogP contribution in [0.25, 0.3) is 10.9 Å². The molecule has 4 heteroatoms. The molecule has 0 aliphatic carbocycles. The fourth-order valence-corrected chi connectivity index (χ4v) is 4.52. The van der Waals surface area contributed by atoms with Crippen LogP contribution in [-0.2, 0) is 7.05 Å². The van der Waals surface area contributed by atoms with Crippen molar-refractivity contribution in [3.63, 3.8) is 0 Å². The number of rotatable bonds is 2. The van der Waals surface area contributed by atoms with Crippen LogP contribution in [-0.4, -0.2) is 40.0 Å². The molecule has 0 spiro atoms. The molecule has 3 fully saturated rings. The van der Waals surface area contributed by atoms with E-state index in [1.807, 2.05) is 31.4 Å². The molecule has 4 heterocycles. The average Bonchev–Trinajstić information content (AvgIpc) is 2.92. The number of aryl methyl sites for hydroxylation is 1. The predicted octanol–water partition coefficient (Wildman–Crippen LogP) is 2.78. The van der Waals surface area contributed by atoms with E-state index in [2.05, 4.69) is 34.7 Å². The SMILES string of the molecule is Cn1ccc2cc(C(=O)N[C@H]3C4CCN(CC4)C3(C)C)ccc21. The molecule has 3 aliphatic heterocycles. The van der Waals surface area contributed by atoms with Gasteiger partial charge >= 0.3 is 0 Å². The number of fused-ring (bicyclic) bond motifs is 4. The van der Waals surface area contributed by atoms with Crippen molar-refractivity contribution in [2.45, 2.75) is 38.3 Å². The maximum absolute atomic E-state index is 12.8. The van der Waals surface area contributed by atoms with E-state index in [9.17, 15) is 4.79 Å². The number of aromatic nitrogens is 1. The number of carbonyl (C=O) groups is 1. The van der Waals surface area contributed by atoms with E-state index in [0.717, 1.165) is 16.5 Å². The standard InChI is InChI=1S/C19H25N3O/c1-19(2)17(13-7-10-22(19)11-8-13)20-18(23)15-4-5-16-14(12-15)6-9-21(16)3/h4-6,9,12-13,17H,7-8,10-11H2,1-3H3,(H,20,23)/t17-/m0/s1. The van der Waals surface area contributed by atoms with Gasteiger partial charge in [0.1, 0.15) is 0 Å². The summed E-state index contributed by atoms with van der Waals surface area (Å²) >= 11 is 0. The van der Waals surface area contributed by atoms with E-state index in [1.54, 1.807) is 0 Å². The van der Waals surface area contributed by atoms with Crippen molar-refractivity contribution >= 4 is 16.8 Å². The number of amides is 1. The summed E-state index contributed by atoms with van der Waals surface area (Å²) in [7, 11) is 2.03. The normalized spacial score (nSPS) is 28.9. The Morgan fingerprint density at radius 3 is 2.65 bits per heavy atom. The first kappa shape index (κ1) is 14.8. The van der Waals surface area contributed by atoms with Gasteiger partial charge in [0.15, 0.2) is 0 Å². The summed E-state index contributed by atoms with van der Waals surface area (Å²) in [6.45, 7) is 6.87. The molecule has 2 bridgehead atoms. The first-order chi connectivity index (χ1) is 11.0. The highest BCUT2D eigenvalue weighted by Crippen LogP contribution is 2.39. The first-order valence-electron chi connectivity index (χ1n) is 8.58. The van der Waals surface area contributed by atoms with Crippen molar-refractivity contribution in [2.24, 2.45) is 13.0 Å². The highest BCUT2D eigenvalue weighted by Gasteiger charge is 2.48. The van der Waals surface area contributed by atoms with Gasteiger partial charge in [-0.1, -0.05) is 0 Å². The van der Waals surface area contributed by atoms with Crippen LogP contribution in [0.5, 0.6) is 0 Å². The van der Waals surface area contributed by atoms with Gasteiger partial charge in [-0.2, -0.15) is 0 Å². The van der Waals surface area contributed by atoms with Gasteiger partial charge in [0.2, 0.25) is 0 Å². The molecule has 23 heavy (non-hydrogen) atoms. The second-order valence-corrected chi connectivity index (χ2v) is 7.63. The van der Waals surface area contributed by atoms with E-state index in [4.69, 9.17) is 0 Å². The van der Waals surface area contributed by atoms with Gasteiger partial charge in [0.25, 0.3) is 5.91 Å². The minimum atomic E-state index is 0.0493. The Bertz CT molecular complexity index is 753. The van der Waals surface area contributed by atoms with Crippen molar-refractivity contribution < 1.29 is 4.79 Å². The minimum absolute atomic E-state index is 0.0493. The third-order valence-corrected chi connectivity index (χ3v) is 6.02. The number of hydrogen-bond acceptors (Lipinski definition) is 2. The molecular weight excluding hydrogens is 286 g/mol. The molecule has 1 aromatic carbocycles. The Morgan fingerprint density at radius 2 is 1.96 bits per heavy atom. The number of nitrogens with zero attached hydrogens (tertiary/aromatic N) is 2. The summed E-state index contributed by atoms with van der Waals surface area (Å²) in [6, 6.07) is 8.27. The smallest absolute Gasteiger partial charge is 0.251 e. The van der Waals surface area contributed by atoms with E-state index in [-0.39, 0.29) is 17.5 Å². The third-order valence-electron chi connectivity index (χ3n) is 6.02. The molecule has 0 radical (unpaired) electrons. The van der Waals surface area contributed by atoms with Crippen LogP contribution < -0.4 is 5.32 Å². The molecule has 0 saturated carbocycles. The van der Waals surface area contributed by atoms with Crippen LogP contribution in [0.2, 0.25) is 0 Å². The number of hydrogen-bond donors (Lipinski definition) is 1. The molecule has 3 saturated heterocycles. The van der Waals surface area contributed by atoms with Gasteiger partial charge < -0.3 is 9.88 Å². The zero-order valence-electron chi connectivity index (χ0n) is 14.2. The lowest BCUT2D eigenvalue weighted by Crippen LogP contribution is -2.69. The predicted molar refractivity (Wildman–Crippen MR) is 92.5 cm³/mol. The highest BCUT2D eigenvalue weighted by molar-refractivity contribution is 5.98. The molecule has 122 valence electrons. The lowest BCUT2D eigenvalue weighted by molar-refractivity contribution is -0.0378. The van der Waals surface area contributed by atoms with Gasteiger partial charge in [0, 0.05) is 41.3 Å². The number of piperidine rings is 3.